The van der Waals surface area contributed by atoms with Crippen LogP contribution in [0.4, 0.5) is 5.69 Å². The fourth-order valence-electron chi connectivity index (χ4n) is 3.12. The summed E-state index contributed by atoms with van der Waals surface area (Å²) in [5.74, 6) is -0.0762. The highest BCUT2D eigenvalue weighted by atomic mass is 16.6. The van der Waals surface area contributed by atoms with E-state index in [0.717, 1.165) is 19.0 Å². The Balaban J connectivity index is 1.92. The second-order valence-electron chi connectivity index (χ2n) is 7.43. The van der Waals surface area contributed by atoms with Gasteiger partial charge in [0.15, 0.2) is 0 Å². The molecule has 0 saturated heterocycles. The maximum absolute atomic E-state index is 12.0. The van der Waals surface area contributed by atoms with E-state index in [1.807, 2.05) is 0 Å². The second kappa shape index (κ2) is 6.27. The molecule has 0 aromatic carbocycles. The van der Waals surface area contributed by atoms with Gasteiger partial charge in [-0.2, -0.15) is 5.10 Å². The molecular formula is C15H24N4O4. The Morgan fingerprint density at radius 3 is 2.65 bits per heavy atom. The number of nitrogens with one attached hydrogen (secondary N) is 2. The number of hydrogen-bond donors (Lipinski definition) is 3. The van der Waals surface area contributed by atoms with Crippen molar-refractivity contribution >= 4 is 11.6 Å². The Bertz CT molecular complexity index is 583. The second-order valence-corrected chi connectivity index (χ2v) is 7.43. The molecule has 8 nitrogen and oxygen atoms in total. The Morgan fingerprint density at radius 1 is 1.52 bits per heavy atom. The number of nitro groups is 1. The van der Waals surface area contributed by atoms with Crippen molar-refractivity contribution in [2.45, 2.75) is 52.1 Å². The summed E-state index contributed by atoms with van der Waals surface area (Å²) in [4.78, 5) is 22.2. The van der Waals surface area contributed by atoms with Crippen LogP contribution >= 0.6 is 0 Å². The highest BCUT2D eigenvalue weighted by molar-refractivity contribution is 5.95. The molecule has 1 aliphatic carbocycles. The van der Waals surface area contributed by atoms with Crippen molar-refractivity contribution in [3.63, 3.8) is 0 Å². The largest absolute Gasteiger partial charge is 0.388 e. The molecule has 0 atom stereocenters. The number of aliphatic hydroxyl groups is 1. The van der Waals surface area contributed by atoms with E-state index >= 15 is 0 Å². The average Bonchev–Trinajstić information content (AvgIpc) is 2.94. The lowest BCUT2D eigenvalue weighted by atomic mass is 9.68. The topological polar surface area (TPSA) is 121 Å². The molecule has 2 rings (SSSR count). The van der Waals surface area contributed by atoms with Gasteiger partial charge in [-0.3, -0.25) is 20.0 Å². The molecule has 1 aromatic heterocycles. The lowest BCUT2D eigenvalue weighted by Gasteiger charge is -2.41. The molecule has 1 fully saturated rings. The van der Waals surface area contributed by atoms with Crippen LogP contribution in [0.25, 0.3) is 0 Å². The van der Waals surface area contributed by atoms with Gasteiger partial charge < -0.3 is 10.4 Å². The van der Waals surface area contributed by atoms with Gasteiger partial charge in [0.2, 0.25) is 5.69 Å². The normalized spacial score (nSPS) is 25.1. The summed E-state index contributed by atoms with van der Waals surface area (Å²) in [7, 11) is 0. The molecule has 1 aliphatic rings. The van der Waals surface area contributed by atoms with Gasteiger partial charge in [-0.05, 0) is 37.0 Å². The van der Waals surface area contributed by atoms with Crippen LogP contribution in [0.1, 0.15) is 56.9 Å². The van der Waals surface area contributed by atoms with E-state index < -0.39 is 16.4 Å². The van der Waals surface area contributed by atoms with E-state index in [2.05, 4.69) is 36.3 Å². The van der Waals surface area contributed by atoms with Crippen LogP contribution in [0.15, 0.2) is 6.20 Å². The zero-order valence-corrected chi connectivity index (χ0v) is 13.8. The minimum Gasteiger partial charge on any atom is -0.388 e. The molecule has 0 unspecified atom stereocenters. The first-order valence-corrected chi connectivity index (χ1v) is 7.81. The number of aromatic nitrogens is 2. The van der Waals surface area contributed by atoms with E-state index in [0.29, 0.717) is 18.8 Å². The number of hydrogen-bond acceptors (Lipinski definition) is 5. The lowest BCUT2D eigenvalue weighted by molar-refractivity contribution is -0.385. The molecule has 1 aromatic rings. The summed E-state index contributed by atoms with van der Waals surface area (Å²) in [6, 6.07) is 0. The van der Waals surface area contributed by atoms with E-state index in [4.69, 9.17) is 0 Å². The monoisotopic (exact) mass is 324 g/mol. The predicted molar refractivity (Wildman–Crippen MR) is 83.9 cm³/mol. The minimum atomic E-state index is -0.952. The fourth-order valence-corrected chi connectivity index (χ4v) is 3.12. The fraction of sp³-hybridized carbons (Fsp3) is 0.733. The number of amides is 1. The van der Waals surface area contributed by atoms with Crippen LogP contribution in [0, 0.1) is 21.4 Å². The SMILES string of the molecule is CC(C)(C)C1CCC(O)(CNC(=O)c2[nH]ncc2[N+](=O)[O-])CC1. The Morgan fingerprint density at radius 2 is 2.13 bits per heavy atom. The van der Waals surface area contributed by atoms with Crippen molar-refractivity contribution in [2.75, 3.05) is 6.54 Å². The van der Waals surface area contributed by atoms with E-state index in [-0.39, 0.29) is 23.3 Å². The van der Waals surface area contributed by atoms with Gasteiger partial charge in [-0.15, -0.1) is 0 Å². The first kappa shape index (κ1) is 17.4. The van der Waals surface area contributed by atoms with Gasteiger partial charge in [-0.25, -0.2) is 0 Å². The summed E-state index contributed by atoms with van der Waals surface area (Å²) in [5, 5.41) is 29.8. The Hall–Kier alpha value is -1.96. The van der Waals surface area contributed by atoms with Crippen LogP contribution in [0.3, 0.4) is 0 Å². The van der Waals surface area contributed by atoms with Gasteiger partial charge in [0, 0.05) is 6.54 Å². The molecule has 0 bridgehead atoms. The van der Waals surface area contributed by atoms with Gasteiger partial charge in [0.25, 0.3) is 5.91 Å². The smallest absolute Gasteiger partial charge is 0.319 e. The van der Waals surface area contributed by atoms with Crippen LogP contribution < -0.4 is 5.32 Å². The van der Waals surface area contributed by atoms with Crippen molar-refractivity contribution in [1.29, 1.82) is 0 Å². The van der Waals surface area contributed by atoms with E-state index in [1.165, 1.54) is 0 Å². The molecule has 128 valence electrons. The van der Waals surface area contributed by atoms with E-state index in [1.54, 1.807) is 0 Å². The first-order chi connectivity index (χ1) is 10.6. The average molecular weight is 324 g/mol. The molecule has 0 aliphatic heterocycles. The zero-order valence-electron chi connectivity index (χ0n) is 13.8. The van der Waals surface area contributed by atoms with Gasteiger partial charge in [-0.1, -0.05) is 20.8 Å². The van der Waals surface area contributed by atoms with Gasteiger partial charge in [0.1, 0.15) is 6.20 Å². The summed E-state index contributed by atoms with van der Waals surface area (Å²) in [5.41, 5.74) is -1.30. The van der Waals surface area contributed by atoms with Gasteiger partial charge in [0.05, 0.1) is 10.5 Å². The van der Waals surface area contributed by atoms with Crippen molar-refractivity contribution in [3.05, 3.63) is 22.0 Å². The van der Waals surface area contributed by atoms with Crippen molar-refractivity contribution in [3.8, 4) is 0 Å². The zero-order chi connectivity index (χ0) is 17.3. The third-order valence-electron chi connectivity index (χ3n) is 4.76. The molecule has 8 heteroatoms. The van der Waals surface area contributed by atoms with Crippen molar-refractivity contribution in [2.24, 2.45) is 11.3 Å². The number of carbonyl (C=O) groups is 1. The summed E-state index contributed by atoms with van der Waals surface area (Å²) in [6.07, 6.45) is 4.03. The third kappa shape index (κ3) is 4.07. The quantitative estimate of drug-likeness (QED) is 0.578. The van der Waals surface area contributed by atoms with Crippen molar-refractivity contribution < 1.29 is 14.8 Å². The molecule has 0 spiro atoms. The van der Waals surface area contributed by atoms with Gasteiger partial charge >= 0.3 is 5.69 Å². The number of nitrogens with zero attached hydrogens (tertiary/aromatic N) is 2. The maximum atomic E-state index is 12.0. The number of rotatable bonds is 4. The highest BCUT2D eigenvalue weighted by Crippen LogP contribution is 2.41. The molecular weight excluding hydrogens is 300 g/mol. The molecule has 1 amide bonds. The third-order valence-corrected chi connectivity index (χ3v) is 4.76. The molecule has 0 radical (unpaired) electrons. The standard InChI is InChI=1S/C15H24N4O4/c1-14(2,3)10-4-6-15(21,7-5-10)9-16-13(20)12-11(19(22)23)8-17-18-12/h8,10,21H,4-7,9H2,1-3H3,(H,16,20)(H,17,18). The number of H-pyrrole nitrogens is 1. The Kier molecular flexibility index (Phi) is 4.74. The molecule has 1 saturated carbocycles. The maximum Gasteiger partial charge on any atom is 0.319 e. The summed E-state index contributed by atoms with van der Waals surface area (Å²) < 4.78 is 0. The number of aromatic amines is 1. The number of carbonyl (C=O) groups excluding carboxylic acids is 1. The molecule has 3 N–H and O–H groups in total. The predicted octanol–water partition coefficient (Wildman–Crippen LogP) is 2.02. The lowest BCUT2D eigenvalue weighted by Crippen LogP contribution is -2.46. The van der Waals surface area contributed by atoms with Crippen LogP contribution in [-0.4, -0.2) is 38.3 Å². The summed E-state index contributed by atoms with van der Waals surface area (Å²) in [6.45, 7) is 6.67. The highest BCUT2D eigenvalue weighted by Gasteiger charge is 2.37. The summed E-state index contributed by atoms with van der Waals surface area (Å²) >= 11 is 0. The molecule has 23 heavy (non-hydrogen) atoms. The van der Waals surface area contributed by atoms with Crippen molar-refractivity contribution in [1.82, 2.24) is 15.5 Å². The van der Waals surface area contributed by atoms with Crippen LogP contribution in [0.2, 0.25) is 0 Å². The Labute approximate surface area is 134 Å². The van der Waals surface area contributed by atoms with Crippen LogP contribution in [0.5, 0.6) is 0 Å². The minimum absolute atomic E-state index is 0.0822. The first-order valence-electron chi connectivity index (χ1n) is 7.81. The molecule has 1 heterocycles. The van der Waals surface area contributed by atoms with Crippen LogP contribution in [-0.2, 0) is 0 Å². The van der Waals surface area contributed by atoms with E-state index in [9.17, 15) is 20.0 Å².